The molecule has 0 aliphatic carbocycles. The summed E-state index contributed by atoms with van der Waals surface area (Å²) in [7, 11) is 1.72. The van der Waals surface area contributed by atoms with E-state index in [0.717, 1.165) is 31.3 Å². The van der Waals surface area contributed by atoms with Gasteiger partial charge in [-0.1, -0.05) is 18.2 Å². The monoisotopic (exact) mass is 220 g/mol. The summed E-state index contributed by atoms with van der Waals surface area (Å²) in [6.07, 6.45) is 0. The van der Waals surface area contributed by atoms with E-state index in [2.05, 4.69) is 29.7 Å². The van der Waals surface area contributed by atoms with Crippen LogP contribution in [0.25, 0.3) is 0 Å². The third kappa shape index (κ3) is 2.54. The molecule has 1 saturated heterocycles. The van der Waals surface area contributed by atoms with E-state index in [4.69, 9.17) is 4.74 Å². The molecule has 2 N–H and O–H groups in total. The van der Waals surface area contributed by atoms with Crippen molar-refractivity contribution in [1.29, 1.82) is 0 Å². The Kier molecular flexibility index (Phi) is 3.80. The van der Waals surface area contributed by atoms with Crippen LogP contribution in [-0.4, -0.2) is 26.7 Å². The Hall–Kier alpha value is -1.06. The summed E-state index contributed by atoms with van der Waals surface area (Å²) in [6.45, 7) is 5.55. The molecule has 1 atom stereocenters. The molecule has 0 bridgehead atoms. The van der Waals surface area contributed by atoms with E-state index in [-0.39, 0.29) is 0 Å². The fourth-order valence-corrected chi connectivity index (χ4v) is 1.97. The molecule has 0 saturated carbocycles. The maximum atomic E-state index is 5.36. The Balaban J connectivity index is 1.93. The molecule has 0 unspecified atom stereocenters. The van der Waals surface area contributed by atoms with Crippen LogP contribution in [0.2, 0.25) is 0 Å². The molecule has 0 amide bonds. The predicted octanol–water partition coefficient (Wildman–Crippen LogP) is 1.57. The van der Waals surface area contributed by atoms with Crippen molar-refractivity contribution in [1.82, 2.24) is 10.6 Å². The molecule has 1 fully saturated rings. The first kappa shape index (κ1) is 11.4. The van der Waals surface area contributed by atoms with Gasteiger partial charge in [0.1, 0.15) is 5.75 Å². The van der Waals surface area contributed by atoms with Crippen molar-refractivity contribution >= 4 is 0 Å². The van der Waals surface area contributed by atoms with Crippen molar-refractivity contribution in [2.24, 2.45) is 5.92 Å². The van der Waals surface area contributed by atoms with Crippen LogP contribution >= 0.6 is 0 Å². The second kappa shape index (κ2) is 5.32. The van der Waals surface area contributed by atoms with Crippen LogP contribution in [0.1, 0.15) is 18.5 Å². The molecule has 0 radical (unpaired) electrons. The van der Waals surface area contributed by atoms with E-state index in [1.807, 2.05) is 12.1 Å². The fourth-order valence-electron chi connectivity index (χ4n) is 1.97. The number of ether oxygens (including phenoxy) is 1. The van der Waals surface area contributed by atoms with Crippen molar-refractivity contribution in [3.8, 4) is 5.75 Å². The number of para-hydroxylation sites is 1. The van der Waals surface area contributed by atoms with Crippen molar-refractivity contribution in [3.05, 3.63) is 29.8 Å². The summed E-state index contributed by atoms with van der Waals surface area (Å²) in [5.74, 6) is 1.76. The number of methoxy groups -OCH3 is 1. The van der Waals surface area contributed by atoms with E-state index < -0.39 is 0 Å². The maximum Gasteiger partial charge on any atom is 0.123 e. The number of hydrogen-bond donors (Lipinski definition) is 2. The van der Waals surface area contributed by atoms with Gasteiger partial charge in [0.25, 0.3) is 0 Å². The van der Waals surface area contributed by atoms with E-state index >= 15 is 0 Å². The molecule has 1 aromatic carbocycles. The van der Waals surface area contributed by atoms with Crippen LogP contribution < -0.4 is 15.4 Å². The third-order valence-corrected chi connectivity index (χ3v) is 3.18. The second-order valence-electron chi connectivity index (χ2n) is 4.40. The van der Waals surface area contributed by atoms with Gasteiger partial charge in [-0.05, 0) is 18.9 Å². The largest absolute Gasteiger partial charge is 0.496 e. The highest BCUT2D eigenvalue weighted by Crippen LogP contribution is 2.24. The Bertz CT molecular complexity index is 336. The van der Waals surface area contributed by atoms with Crippen LogP contribution in [0.15, 0.2) is 24.3 Å². The minimum Gasteiger partial charge on any atom is -0.496 e. The SMILES string of the molecule is COc1ccccc1[C@H](C)NCC1CNC1. The molecular weight excluding hydrogens is 200 g/mol. The first-order valence-electron chi connectivity index (χ1n) is 5.88. The second-order valence-corrected chi connectivity index (χ2v) is 4.40. The van der Waals surface area contributed by atoms with Crippen LogP contribution in [-0.2, 0) is 0 Å². The van der Waals surface area contributed by atoms with E-state index in [9.17, 15) is 0 Å². The number of hydrogen-bond acceptors (Lipinski definition) is 3. The molecule has 1 aromatic rings. The third-order valence-electron chi connectivity index (χ3n) is 3.18. The normalized spacial score (nSPS) is 17.9. The first-order chi connectivity index (χ1) is 7.81. The van der Waals surface area contributed by atoms with Gasteiger partial charge >= 0.3 is 0 Å². The lowest BCUT2D eigenvalue weighted by Crippen LogP contribution is -2.47. The molecule has 1 heterocycles. The average Bonchev–Trinajstić information content (AvgIpc) is 2.26. The lowest BCUT2D eigenvalue weighted by atomic mass is 10.0. The molecule has 2 rings (SSSR count). The summed E-state index contributed by atoms with van der Waals surface area (Å²) in [6, 6.07) is 8.54. The Morgan fingerprint density at radius 3 is 2.81 bits per heavy atom. The summed E-state index contributed by atoms with van der Waals surface area (Å²) >= 11 is 0. The Morgan fingerprint density at radius 2 is 2.19 bits per heavy atom. The van der Waals surface area contributed by atoms with Gasteiger partial charge in [-0.15, -0.1) is 0 Å². The van der Waals surface area contributed by atoms with Crippen LogP contribution in [0, 0.1) is 5.92 Å². The fraction of sp³-hybridized carbons (Fsp3) is 0.538. The Morgan fingerprint density at radius 1 is 1.44 bits per heavy atom. The molecule has 3 heteroatoms. The lowest BCUT2D eigenvalue weighted by Gasteiger charge is -2.29. The van der Waals surface area contributed by atoms with Gasteiger partial charge in [-0.25, -0.2) is 0 Å². The number of rotatable bonds is 5. The van der Waals surface area contributed by atoms with Crippen molar-refractivity contribution in [2.45, 2.75) is 13.0 Å². The maximum absolute atomic E-state index is 5.36. The van der Waals surface area contributed by atoms with Gasteiger partial charge in [0.2, 0.25) is 0 Å². The summed E-state index contributed by atoms with van der Waals surface area (Å²) in [5.41, 5.74) is 1.23. The molecule has 88 valence electrons. The molecule has 0 aromatic heterocycles. The molecule has 1 aliphatic heterocycles. The Labute approximate surface area is 97.2 Å². The van der Waals surface area contributed by atoms with Crippen LogP contribution in [0.3, 0.4) is 0 Å². The summed E-state index contributed by atoms with van der Waals surface area (Å²) in [5, 5.41) is 6.84. The number of benzene rings is 1. The molecule has 16 heavy (non-hydrogen) atoms. The van der Waals surface area contributed by atoms with E-state index in [1.165, 1.54) is 5.56 Å². The average molecular weight is 220 g/mol. The molecule has 1 aliphatic rings. The van der Waals surface area contributed by atoms with Gasteiger partial charge in [0, 0.05) is 31.2 Å². The molecular formula is C13H20N2O. The van der Waals surface area contributed by atoms with Gasteiger partial charge in [0.05, 0.1) is 7.11 Å². The zero-order chi connectivity index (χ0) is 11.4. The highest BCUT2D eigenvalue weighted by atomic mass is 16.5. The van der Waals surface area contributed by atoms with E-state index in [0.29, 0.717) is 6.04 Å². The van der Waals surface area contributed by atoms with Gasteiger partial charge in [-0.2, -0.15) is 0 Å². The minimum atomic E-state index is 0.344. The topological polar surface area (TPSA) is 33.3 Å². The summed E-state index contributed by atoms with van der Waals surface area (Å²) in [4.78, 5) is 0. The standard InChI is InChI=1S/C13H20N2O/c1-10(15-9-11-7-14-8-11)12-5-3-4-6-13(12)16-2/h3-6,10-11,14-15H,7-9H2,1-2H3/t10-/m0/s1. The zero-order valence-electron chi connectivity index (χ0n) is 9.99. The van der Waals surface area contributed by atoms with E-state index in [1.54, 1.807) is 7.11 Å². The predicted molar refractivity (Wildman–Crippen MR) is 65.8 cm³/mol. The lowest BCUT2D eigenvalue weighted by molar-refractivity contribution is 0.318. The van der Waals surface area contributed by atoms with Crippen molar-refractivity contribution < 1.29 is 4.74 Å². The minimum absolute atomic E-state index is 0.344. The quantitative estimate of drug-likeness (QED) is 0.790. The van der Waals surface area contributed by atoms with Gasteiger partial charge in [-0.3, -0.25) is 0 Å². The highest BCUT2D eigenvalue weighted by Gasteiger charge is 2.18. The van der Waals surface area contributed by atoms with Gasteiger partial charge in [0.15, 0.2) is 0 Å². The molecule has 3 nitrogen and oxygen atoms in total. The van der Waals surface area contributed by atoms with Crippen molar-refractivity contribution in [3.63, 3.8) is 0 Å². The van der Waals surface area contributed by atoms with Gasteiger partial charge < -0.3 is 15.4 Å². The molecule has 0 spiro atoms. The van der Waals surface area contributed by atoms with Crippen LogP contribution in [0.5, 0.6) is 5.75 Å². The van der Waals surface area contributed by atoms with Crippen LogP contribution in [0.4, 0.5) is 0 Å². The van der Waals surface area contributed by atoms with Crippen molar-refractivity contribution in [2.75, 3.05) is 26.7 Å². The first-order valence-corrected chi connectivity index (χ1v) is 5.88. The summed E-state index contributed by atoms with van der Waals surface area (Å²) < 4.78 is 5.36. The highest BCUT2D eigenvalue weighted by molar-refractivity contribution is 5.35. The number of nitrogens with one attached hydrogen (secondary N) is 2. The zero-order valence-corrected chi connectivity index (χ0v) is 9.99. The smallest absolute Gasteiger partial charge is 0.123 e.